The summed E-state index contributed by atoms with van der Waals surface area (Å²) in [4.78, 5) is 35.0. The minimum atomic E-state index is -0.765. The molecule has 2 aromatic carbocycles. The van der Waals surface area contributed by atoms with Crippen LogP contribution in [0.1, 0.15) is 20.7 Å². The summed E-state index contributed by atoms with van der Waals surface area (Å²) in [6, 6.07) is 7.94. The monoisotopic (exact) mass is 398 g/mol. The molecule has 26 heavy (non-hydrogen) atoms. The molecule has 0 saturated carbocycles. The third-order valence-corrected chi connectivity index (χ3v) is 3.88. The van der Waals surface area contributed by atoms with Crippen molar-refractivity contribution in [3.63, 3.8) is 0 Å². The fraction of sp³-hybridized carbons (Fsp3) is 0.118. The van der Waals surface area contributed by atoms with Gasteiger partial charge in [0.25, 0.3) is 11.8 Å². The van der Waals surface area contributed by atoms with Gasteiger partial charge in [0.15, 0.2) is 0 Å². The number of hydrogen-bond donors (Lipinski definition) is 2. The number of rotatable bonds is 5. The zero-order valence-corrected chi connectivity index (χ0v) is 14.9. The second-order valence-corrected chi connectivity index (χ2v) is 5.85. The lowest BCUT2D eigenvalue weighted by Gasteiger charge is -2.09. The zero-order chi connectivity index (χ0) is 19.3. The number of hydrogen-bond acceptors (Lipinski definition) is 4. The Morgan fingerprint density at radius 2 is 1.69 bits per heavy atom. The van der Waals surface area contributed by atoms with Gasteiger partial charge >= 0.3 is 5.97 Å². The highest BCUT2D eigenvalue weighted by Gasteiger charge is 2.15. The molecule has 0 radical (unpaired) electrons. The highest BCUT2D eigenvalue weighted by atomic mass is 35.5. The third-order valence-electron chi connectivity index (χ3n) is 3.28. The van der Waals surface area contributed by atoms with E-state index in [0.717, 1.165) is 12.1 Å². The molecule has 0 atom stereocenters. The summed E-state index contributed by atoms with van der Waals surface area (Å²) < 4.78 is 17.9. The zero-order valence-electron chi connectivity index (χ0n) is 13.4. The number of benzene rings is 2. The van der Waals surface area contributed by atoms with E-state index in [-0.39, 0.29) is 27.7 Å². The molecule has 0 saturated heterocycles. The van der Waals surface area contributed by atoms with E-state index in [2.05, 4.69) is 15.4 Å². The molecule has 6 nitrogen and oxygen atoms in total. The summed E-state index contributed by atoms with van der Waals surface area (Å²) in [5.74, 6) is -2.45. The molecule has 136 valence electrons. The van der Waals surface area contributed by atoms with Crippen LogP contribution >= 0.6 is 23.2 Å². The largest absolute Gasteiger partial charge is 0.468 e. The number of methoxy groups -OCH3 is 1. The SMILES string of the molecule is COC(=O)CNC(=O)c1ccc(NC(=O)c2cc(F)c(Cl)cc2Cl)cc1. The maximum absolute atomic E-state index is 13.5. The average molecular weight is 399 g/mol. The highest BCUT2D eigenvalue weighted by Crippen LogP contribution is 2.25. The van der Waals surface area contributed by atoms with Crippen LogP contribution in [0.5, 0.6) is 0 Å². The number of nitrogens with one attached hydrogen (secondary N) is 2. The van der Waals surface area contributed by atoms with Crippen molar-refractivity contribution in [3.8, 4) is 0 Å². The molecular weight excluding hydrogens is 386 g/mol. The van der Waals surface area contributed by atoms with E-state index in [1.165, 1.54) is 31.4 Å². The first-order valence-electron chi connectivity index (χ1n) is 7.22. The van der Waals surface area contributed by atoms with Gasteiger partial charge in [-0.05, 0) is 36.4 Å². The van der Waals surface area contributed by atoms with Gasteiger partial charge in [-0.1, -0.05) is 23.2 Å². The lowest BCUT2D eigenvalue weighted by atomic mass is 10.1. The molecule has 0 aliphatic heterocycles. The molecule has 0 aliphatic carbocycles. The summed E-state index contributed by atoms with van der Waals surface area (Å²) in [6.07, 6.45) is 0. The number of anilines is 1. The van der Waals surface area contributed by atoms with E-state index in [1.54, 1.807) is 0 Å². The van der Waals surface area contributed by atoms with Gasteiger partial charge in [0.1, 0.15) is 12.4 Å². The molecule has 2 amide bonds. The van der Waals surface area contributed by atoms with Gasteiger partial charge in [-0.15, -0.1) is 0 Å². The quantitative estimate of drug-likeness (QED) is 0.597. The van der Waals surface area contributed by atoms with E-state index in [0.29, 0.717) is 5.69 Å². The van der Waals surface area contributed by atoms with Crippen molar-refractivity contribution in [1.82, 2.24) is 5.32 Å². The van der Waals surface area contributed by atoms with Crippen LogP contribution in [-0.2, 0) is 9.53 Å². The van der Waals surface area contributed by atoms with Gasteiger partial charge < -0.3 is 15.4 Å². The minimum Gasteiger partial charge on any atom is -0.468 e. The van der Waals surface area contributed by atoms with Crippen LogP contribution in [0, 0.1) is 5.82 Å². The van der Waals surface area contributed by atoms with Crippen molar-refractivity contribution < 1.29 is 23.5 Å². The first kappa shape index (κ1) is 19.7. The first-order valence-corrected chi connectivity index (χ1v) is 7.98. The Bertz CT molecular complexity index is 857. The molecule has 2 aromatic rings. The Morgan fingerprint density at radius 3 is 2.31 bits per heavy atom. The number of esters is 1. The number of ether oxygens (including phenoxy) is 1. The molecule has 0 aromatic heterocycles. The van der Waals surface area contributed by atoms with Crippen molar-refractivity contribution in [3.05, 3.63) is 63.4 Å². The molecule has 0 aliphatic rings. The number of carbonyl (C=O) groups is 3. The van der Waals surface area contributed by atoms with Crippen LogP contribution in [0.15, 0.2) is 36.4 Å². The average Bonchev–Trinajstić information content (AvgIpc) is 2.62. The van der Waals surface area contributed by atoms with Crippen LogP contribution in [0.2, 0.25) is 10.0 Å². The summed E-state index contributed by atoms with van der Waals surface area (Å²) in [5, 5.41) is 4.74. The first-order chi connectivity index (χ1) is 12.3. The van der Waals surface area contributed by atoms with Crippen molar-refractivity contribution in [1.29, 1.82) is 0 Å². The predicted octanol–water partition coefficient (Wildman–Crippen LogP) is 3.29. The predicted molar refractivity (Wildman–Crippen MR) is 95.2 cm³/mol. The Labute approximate surface area is 158 Å². The fourth-order valence-corrected chi connectivity index (χ4v) is 2.40. The lowest BCUT2D eigenvalue weighted by molar-refractivity contribution is -0.139. The van der Waals surface area contributed by atoms with Crippen molar-refractivity contribution in [2.75, 3.05) is 19.0 Å². The smallest absolute Gasteiger partial charge is 0.325 e. The standard InChI is InChI=1S/C17H13Cl2FN2O4/c1-26-15(23)8-21-16(24)9-2-4-10(5-3-9)22-17(25)11-6-14(20)13(19)7-12(11)18/h2-7H,8H2,1H3,(H,21,24)(H,22,25). The Balaban J connectivity index is 2.05. The molecule has 0 unspecified atom stereocenters. The maximum atomic E-state index is 13.5. The Hall–Kier alpha value is -2.64. The number of halogens is 3. The van der Waals surface area contributed by atoms with Gasteiger partial charge in [0, 0.05) is 11.3 Å². The van der Waals surface area contributed by atoms with Crippen molar-refractivity contribution in [2.24, 2.45) is 0 Å². The summed E-state index contributed by atoms with van der Waals surface area (Å²) in [6.45, 7) is -0.256. The second-order valence-electron chi connectivity index (χ2n) is 5.04. The van der Waals surface area contributed by atoms with E-state index in [9.17, 15) is 18.8 Å². The van der Waals surface area contributed by atoms with Crippen LogP contribution in [0.4, 0.5) is 10.1 Å². The second kappa shape index (κ2) is 8.64. The molecule has 2 N–H and O–H groups in total. The van der Waals surface area contributed by atoms with E-state index in [4.69, 9.17) is 23.2 Å². The summed E-state index contributed by atoms with van der Waals surface area (Å²) >= 11 is 11.5. The minimum absolute atomic E-state index is 0.00714. The molecular formula is C17H13Cl2FN2O4. The van der Waals surface area contributed by atoms with E-state index < -0.39 is 23.6 Å². The Kier molecular flexibility index (Phi) is 6.54. The summed E-state index contributed by atoms with van der Waals surface area (Å²) in [7, 11) is 1.21. The molecule has 0 fully saturated rings. The number of carbonyl (C=O) groups excluding carboxylic acids is 3. The number of amides is 2. The van der Waals surface area contributed by atoms with Crippen LogP contribution in [0.3, 0.4) is 0 Å². The lowest BCUT2D eigenvalue weighted by Crippen LogP contribution is -2.30. The molecule has 2 rings (SSSR count). The van der Waals surface area contributed by atoms with Gasteiger partial charge in [-0.3, -0.25) is 14.4 Å². The Morgan fingerprint density at radius 1 is 1.04 bits per heavy atom. The van der Waals surface area contributed by atoms with Crippen LogP contribution in [-0.4, -0.2) is 31.4 Å². The van der Waals surface area contributed by atoms with Gasteiger partial charge in [-0.2, -0.15) is 0 Å². The van der Waals surface area contributed by atoms with Crippen molar-refractivity contribution in [2.45, 2.75) is 0 Å². The van der Waals surface area contributed by atoms with Crippen molar-refractivity contribution >= 4 is 46.7 Å². The normalized spacial score (nSPS) is 10.2. The van der Waals surface area contributed by atoms with Crippen LogP contribution in [0.25, 0.3) is 0 Å². The highest BCUT2D eigenvalue weighted by molar-refractivity contribution is 6.37. The maximum Gasteiger partial charge on any atom is 0.325 e. The van der Waals surface area contributed by atoms with E-state index in [1.807, 2.05) is 0 Å². The molecule has 9 heteroatoms. The summed E-state index contributed by atoms with van der Waals surface area (Å²) in [5.41, 5.74) is 0.571. The van der Waals surface area contributed by atoms with Gasteiger partial charge in [0.2, 0.25) is 0 Å². The van der Waals surface area contributed by atoms with Gasteiger partial charge in [0.05, 0.1) is 22.7 Å². The molecule has 0 bridgehead atoms. The molecule has 0 heterocycles. The van der Waals surface area contributed by atoms with E-state index >= 15 is 0 Å². The van der Waals surface area contributed by atoms with Crippen LogP contribution < -0.4 is 10.6 Å². The molecule has 0 spiro atoms. The third kappa shape index (κ3) is 4.93. The fourth-order valence-electron chi connectivity index (χ4n) is 1.93. The topological polar surface area (TPSA) is 84.5 Å². The van der Waals surface area contributed by atoms with Gasteiger partial charge in [-0.25, -0.2) is 4.39 Å².